The van der Waals surface area contributed by atoms with E-state index in [1.807, 2.05) is 36.4 Å². The van der Waals surface area contributed by atoms with Gasteiger partial charge in [0.25, 0.3) is 5.91 Å². The molecule has 1 heterocycles. The lowest BCUT2D eigenvalue weighted by Gasteiger charge is -2.15. The second-order valence-corrected chi connectivity index (χ2v) is 8.49. The normalized spacial score (nSPS) is 12.8. The predicted octanol–water partition coefficient (Wildman–Crippen LogP) is 4.67. The van der Waals surface area contributed by atoms with Gasteiger partial charge in [-0.1, -0.05) is 55.5 Å². The van der Waals surface area contributed by atoms with E-state index in [0.29, 0.717) is 19.4 Å². The van der Waals surface area contributed by atoms with Gasteiger partial charge in [-0.2, -0.15) is 0 Å². The smallest absolute Gasteiger partial charge is 0.411 e. The minimum atomic E-state index is -0.865. The first-order chi connectivity index (χ1) is 17.0. The molecule has 0 saturated heterocycles. The average molecular weight is 474 g/mol. The highest BCUT2D eigenvalue weighted by atomic mass is 16.5. The lowest BCUT2D eigenvalue weighted by Crippen LogP contribution is -2.28. The van der Waals surface area contributed by atoms with Gasteiger partial charge >= 0.3 is 12.1 Å². The van der Waals surface area contributed by atoms with Crippen molar-refractivity contribution in [3.05, 3.63) is 83.7 Å². The molecule has 3 aromatic rings. The van der Waals surface area contributed by atoms with Crippen molar-refractivity contribution in [2.24, 2.45) is 5.92 Å². The lowest BCUT2D eigenvalue weighted by atomic mass is 9.98. The number of hydrogen-bond acceptors (Lipinski definition) is 5. The Labute approximate surface area is 203 Å². The number of nitrogens with zero attached hydrogens (tertiary/aromatic N) is 1. The largest absolute Gasteiger partial charge is 0.481 e. The van der Waals surface area contributed by atoms with Gasteiger partial charge in [-0.25, -0.2) is 9.78 Å². The molecule has 0 bridgehead atoms. The minimum Gasteiger partial charge on any atom is -0.481 e. The summed E-state index contributed by atoms with van der Waals surface area (Å²) in [5, 5.41) is 14.3. The number of fused-ring (bicyclic) bond motifs is 3. The summed E-state index contributed by atoms with van der Waals surface area (Å²) >= 11 is 0. The first-order valence-corrected chi connectivity index (χ1v) is 11.5. The number of nitrogens with one attached hydrogen (secondary N) is 2. The van der Waals surface area contributed by atoms with E-state index in [1.165, 1.54) is 6.20 Å². The molecule has 1 atom stereocenters. The lowest BCUT2D eigenvalue weighted by molar-refractivity contribution is -0.141. The molecule has 4 rings (SSSR count). The van der Waals surface area contributed by atoms with Crippen molar-refractivity contribution in [3.63, 3.8) is 0 Å². The molecule has 0 saturated carbocycles. The van der Waals surface area contributed by atoms with Gasteiger partial charge < -0.3 is 15.2 Å². The second-order valence-electron chi connectivity index (χ2n) is 8.49. The number of hydrogen-bond donors (Lipinski definition) is 3. The molecule has 8 heteroatoms. The Hall–Kier alpha value is -4.20. The molecule has 0 fully saturated rings. The summed E-state index contributed by atoms with van der Waals surface area (Å²) in [6.45, 7) is 2.08. The first-order valence-electron chi connectivity index (χ1n) is 11.5. The Morgan fingerprint density at radius 3 is 2.31 bits per heavy atom. The maximum Gasteiger partial charge on any atom is 0.411 e. The van der Waals surface area contributed by atoms with E-state index < -0.39 is 23.9 Å². The number of carboxylic acids is 1. The van der Waals surface area contributed by atoms with Crippen LogP contribution in [0.5, 0.6) is 0 Å². The van der Waals surface area contributed by atoms with Crippen LogP contribution in [0.15, 0.2) is 66.9 Å². The number of carbonyl (C=O) groups excluding carboxylic acids is 2. The molecule has 2 amide bonds. The number of carboxylic acid groups (broad SMARTS) is 1. The van der Waals surface area contributed by atoms with Gasteiger partial charge in [0.05, 0.1) is 11.6 Å². The van der Waals surface area contributed by atoms with Crippen LogP contribution < -0.4 is 10.6 Å². The molecule has 0 radical (unpaired) electrons. The minimum absolute atomic E-state index is 0.0623. The standard InChI is InChI=1S/C27H27N3O5/c1-17(26(32)33)8-6-15-29-25(31)24-23(13-7-14-28-24)30-27(34)35-16-22-20-11-4-2-9-18(20)19-10-3-5-12-21(19)22/h2-5,7,9-14,17,22H,6,8,15-16H2,1H3,(H,29,31)(H,30,34)(H,32,33). The number of benzene rings is 2. The van der Waals surface area contributed by atoms with Crippen LogP contribution >= 0.6 is 0 Å². The molecule has 1 aliphatic rings. The summed E-state index contributed by atoms with van der Waals surface area (Å²) < 4.78 is 5.56. The van der Waals surface area contributed by atoms with Gasteiger partial charge in [-0.05, 0) is 47.2 Å². The average Bonchev–Trinajstić information content (AvgIpc) is 3.19. The number of aromatic nitrogens is 1. The van der Waals surface area contributed by atoms with E-state index in [2.05, 4.69) is 27.8 Å². The molecule has 3 N–H and O–H groups in total. The number of carbonyl (C=O) groups is 3. The Morgan fingerprint density at radius 2 is 1.66 bits per heavy atom. The van der Waals surface area contributed by atoms with E-state index in [-0.39, 0.29) is 23.9 Å². The van der Waals surface area contributed by atoms with Gasteiger partial charge in [0.1, 0.15) is 6.61 Å². The van der Waals surface area contributed by atoms with Crippen molar-refractivity contribution in [2.45, 2.75) is 25.7 Å². The Morgan fingerprint density at radius 1 is 1.00 bits per heavy atom. The number of aliphatic carboxylic acids is 1. The predicted molar refractivity (Wildman–Crippen MR) is 131 cm³/mol. The quantitative estimate of drug-likeness (QED) is 0.389. The van der Waals surface area contributed by atoms with Crippen molar-refractivity contribution in [3.8, 4) is 11.1 Å². The van der Waals surface area contributed by atoms with E-state index >= 15 is 0 Å². The molecule has 2 aromatic carbocycles. The molecular formula is C27H27N3O5. The molecule has 1 aromatic heterocycles. The van der Waals surface area contributed by atoms with E-state index in [9.17, 15) is 14.4 Å². The molecule has 8 nitrogen and oxygen atoms in total. The summed E-state index contributed by atoms with van der Waals surface area (Å²) in [7, 11) is 0. The second kappa shape index (κ2) is 10.8. The van der Waals surface area contributed by atoms with E-state index in [0.717, 1.165) is 22.3 Å². The van der Waals surface area contributed by atoms with Gasteiger partial charge in [0.2, 0.25) is 0 Å². The Kier molecular flexibility index (Phi) is 7.40. The SMILES string of the molecule is CC(CCCNC(=O)c1ncccc1NC(=O)OCC1c2ccccc2-c2ccccc21)C(=O)O. The van der Waals surface area contributed by atoms with Crippen molar-refractivity contribution < 1.29 is 24.2 Å². The number of rotatable bonds is 9. The van der Waals surface area contributed by atoms with Crippen LogP contribution in [0.25, 0.3) is 11.1 Å². The first kappa shape index (κ1) is 23.9. The number of amides is 2. The molecule has 1 unspecified atom stereocenters. The summed E-state index contributed by atoms with van der Waals surface area (Å²) in [4.78, 5) is 40.2. The zero-order valence-electron chi connectivity index (χ0n) is 19.4. The highest BCUT2D eigenvalue weighted by Gasteiger charge is 2.29. The van der Waals surface area contributed by atoms with Crippen LogP contribution in [0.2, 0.25) is 0 Å². The zero-order chi connectivity index (χ0) is 24.8. The Balaban J connectivity index is 1.36. The molecule has 180 valence electrons. The van der Waals surface area contributed by atoms with Crippen molar-refractivity contribution in [2.75, 3.05) is 18.5 Å². The zero-order valence-corrected chi connectivity index (χ0v) is 19.4. The number of anilines is 1. The fourth-order valence-electron chi connectivity index (χ4n) is 4.25. The van der Waals surface area contributed by atoms with Gasteiger partial charge in [-0.15, -0.1) is 0 Å². The van der Waals surface area contributed by atoms with Crippen molar-refractivity contribution in [1.29, 1.82) is 0 Å². The van der Waals surface area contributed by atoms with Crippen LogP contribution in [0, 0.1) is 5.92 Å². The topological polar surface area (TPSA) is 118 Å². The van der Waals surface area contributed by atoms with E-state index in [1.54, 1.807) is 19.1 Å². The molecule has 1 aliphatic carbocycles. The monoisotopic (exact) mass is 473 g/mol. The molecule has 35 heavy (non-hydrogen) atoms. The number of pyridine rings is 1. The molecule has 0 aliphatic heterocycles. The third-order valence-corrected chi connectivity index (χ3v) is 6.12. The maximum absolute atomic E-state index is 12.6. The van der Waals surface area contributed by atoms with Crippen LogP contribution in [-0.4, -0.2) is 41.2 Å². The van der Waals surface area contributed by atoms with Gasteiger partial charge in [-0.3, -0.25) is 14.9 Å². The summed E-state index contributed by atoms with van der Waals surface area (Å²) in [5.41, 5.74) is 4.80. The van der Waals surface area contributed by atoms with E-state index in [4.69, 9.17) is 9.84 Å². The Bertz CT molecular complexity index is 1200. The highest BCUT2D eigenvalue weighted by Crippen LogP contribution is 2.44. The third-order valence-electron chi connectivity index (χ3n) is 6.12. The fraction of sp³-hybridized carbons (Fsp3) is 0.259. The fourth-order valence-corrected chi connectivity index (χ4v) is 4.25. The molecular weight excluding hydrogens is 446 g/mol. The van der Waals surface area contributed by atoms with Crippen LogP contribution in [0.3, 0.4) is 0 Å². The van der Waals surface area contributed by atoms with Crippen LogP contribution in [0.4, 0.5) is 10.5 Å². The third kappa shape index (κ3) is 5.48. The summed E-state index contributed by atoms with van der Waals surface area (Å²) in [6, 6.07) is 19.3. The summed E-state index contributed by atoms with van der Waals surface area (Å²) in [5.74, 6) is -1.87. The van der Waals surface area contributed by atoms with Gasteiger partial charge in [0, 0.05) is 18.7 Å². The highest BCUT2D eigenvalue weighted by molar-refractivity contribution is 6.00. The maximum atomic E-state index is 12.6. The molecule has 0 spiro atoms. The van der Waals surface area contributed by atoms with Crippen molar-refractivity contribution >= 4 is 23.7 Å². The summed E-state index contributed by atoms with van der Waals surface area (Å²) in [6.07, 6.45) is 1.75. The van der Waals surface area contributed by atoms with Crippen LogP contribution in [-0.2, 0) is 9.53 Å². The number of ether oxygens (including phenoxy) is 1. The van der Waals surface area contributed by atoms with Crippen molar-refractivity contribution in [1.82, 2.24) is 10.3 Å². The van der Waals surface area contributed by atoms with Crippen LogP contribution in [0.1, 0.15) is 47.3 Å². The van der Waals surface area contributed by atoms with Gasteiger partial charge in [0.15, 0.2) is 5.69 Å².